The predicted octanol–water partition coefficient (Wildman–Crippen LogP) is 4.35. The molecule has 2 unspecified atom stereocenters. The Bertz CT molecular complexity index is 997. The summed E-state index contributed by atoms with van der Waals surface area (Å²) in [6.07, 6.45) is 7.00. The van der Waals surface area contributed by atoms with Crippen LogP contribution in [0.25, 0.3) is 6.08 Å². The molecule has 1 aliphatic carbocycles. The smallest absolute Gasteiger partial charge is 0.331 e. The number of carbonyl (C=O) groups is 1. The lowest BCUT2D eigenvalue weighted by atomic mass is 9.68. The molecule has 1 aromatic rings. The molecule has 1 spiro atoms. The first-order valence-electron chi connectivity index (χ1n) is 12.4. The average molecular weight is 503 g/mol. The van der Waals surface area contributed by atoms with E-state index in [-0.39, 0.29) is 29.3 Å². The van der Waals surface area contributed by atoms with Gasteiger partial charge in [-0.1, -0.05) is 11.6 Å². The molecule has 6 atom stereocenters. The molecule has 0 bridgehead atoms. The summed E-state index contributed by atoms with van der Waals surface area (Å²) in [5.74, 6) is 1.05. The van der Waals surface area contributed by atoms with E-state index in [0.29, 0.717) is 30.3 Å². The van der Waals surface area contributed by atoms with Crippen LogP contribution in [0.3, 0.4) is 0 Å². The van der Waals surface area contributed by atoms with Crippen molar-refractivity contribution in [3.8, 4) is 17.2 Å². The minimum absolute atomic E-state index is 0.0174. The van der Waals surface area contributed by atoms with E-state index in [1.165, 1.54) is 11.6 Å². The van der Waals surface area contributed by atoms with Crippen molar-refractivity contribution in [2.45, 2.75) is 69.5 Å². The van der Waals surface area contributed by atoms with Gasteiger partial charge in [-0.25, -0.2) is 4.79 Å². The lowest BCUT2D eigenvalue weighted by Crippen LogP contribution is -2.55. The lowest BCUT2D eigenvalue weighted by Gasteiger charge is -2.42. The third-order valence-corrected chi connectivity index (χ3v) is 7.60. The molecule has 0 N–H and O–H groups in total. The van der Waals surface area contributed by atoms with Crippen molar-refractivity contribution in [3.05, 3.63) is 35.4 Å². The summed E-state index contributed by atoms with van der Waals surface area (Å²) >= 11 is 0. The molecule has 4 rings (SSSR count). The number of esters is 1. The Hall–Kier alpha value is -2.55. The standard InChI is InChI=1S/C28H38O8/c1-17(2)8-10-22-27(3,36-22)26-25(33-7)19(12-13-28(26)16-34-28)35-23(29)11-9-18-14-20(30-4)24(32-6)21(15-18)31-5/h8-9,11,14-15,19,22,25-26H,10,12-13,16H2,1-7H3/b11-9+/t19-,22?,25-,26-,27?,28+/m1/s1. The Kier molecular flexibility index (Phi) is 7.69. The van der Waals surface area contributed by atoms with Crippen LogP contribution in [0.2, 0.25) is 0 Å². The second-order valence-corrected chi connectivity index (χ2v) is 10.1. The van der Waals surface area contributed by atoms with Gasteiger partial charge in [0.25, 0.3) is 0 Å². The van der Waals surface area contributed by atoms with E-state index in [9.17, 15) is 4.79 Å². The van der Waals surface area contributed by atoms with Gasteiger partial charge in [-0.3, -0.25) is 0 Å². The van der Waals surface area contributed by atoms with E-state index in [4.69, 9.17) is 33.2 Å². The zero-order valence-electron chi connectivity index (χ0n) is 22.3. The molecule has 2 saturated heterocycles. The van der Waals surface area contributed by atoms with Crippen molar-refractivity contribution in [1.82, 2.24) is 0 Å². The number of hydrogen-bond donors (Lipinski definition) is 0. The second kappa shape index (κ2) is 10.4. The van der Waals surface area contributed by atoms with Gasteiger partial charge in [0.05, 0.1) is 40.0 Å². The van der Waals surface area contributed by atoms with Crippen LogP contribution in [0.15, 0.2) is 29.9 Å². The number of carbonyl (C=O) groups excluding carboxylic acids is 1. The summed E-state index contributed by atoms with van der Waals surface area (Å²) < 4.78 is 40.2. The first kappa shape index (κ1) is 26.5. The van der Waals surface area contributed by atoms with Crippen LogP contribution in [0.5, 0.6) is 17.2 Å². The van der Waals surface area contributed by atoms with Crippen LogP contribution in [0, 0.1) is 5.92 Å². The molecule has 3 aliphatic rings. The highest BCUT2D eigenvalue weighted by Gasteiger charge is 2.72. The quantitative estimate of drug-likeness (QED) is 0.202. The third kappa shape index (κ3) is 5.12. The van der Waals surface area contributed by atoms with E-state index in [1.807, 2.05) is 0 Å². The molecule has 2 aliphatic heterocycles. The van der Waals surface area contributed by atoms with E-state index < -0.39 is 12.1 Å². The fraction of sp³-hybridized carbons (Fsp3) is 0.607. The highest BCUT2D eigenvalue weighted by atomic mass is 16.6. The average Bonchev–Trinajstić information content (AvgIpc) is 3.78. The van der Waals surface area contributed by atoms with E-state index in [2.05, 4.69) is 26.8 Å². The molecular formula is C28H38O8. The van der Waals surface area contributed by atoms with Gasteiger partial charge in [-0.15, -0.1) is 0 Å². The molecule has 0 amide bonds. The Labute approximate surface area is 213 Å². The van der Waals surface area contributed by atoms with E-state index in [0.717, 1.165) is 18.4 Å². The van der Waals surface area contributed by atoms with Gasteiger partial charge in [-0.05, 0) is 63.8 Å². The van der Waals surface area contributed by atoms with Gasteiger partial charge in [0.15, 0.2) is 11.5 Å². The van der Waals surface area contributed by atoms with Gasteiger partial charge >= 0.3 is 5.97 Å². The molecule has 0 aromatic heterocycles. The third-order valence-electron chi connectivity index (χ3n) is 7.60. The summed E-state index contributed by atoms with van der Waals surface area (Å²) in [6, 6.07) is 3.54. The molecule has 1 saturated carbocycles. The van der Waals surface area contributed by atoms with E-state index in [1.54, 1.807) is 46.6 Å². The highest BCUT2D eigenvalue weighted by Crippen LogP contribution is 2.59. The van der Waals surface area contributed by atoms with Crippen LogP contribution < -0.4 is 14.2 Å². The van der Waals surface area contributed by atoms with Crippen molar-refractivity contribution in [1.29, 1.82) is 0 Å². The van der Waals surface area contributed by atoms with Crippen LogP contribution in [-0.2, 0) is 23.7 Å². The van der Waals surface area contributed by atoms with Crippen LogP contribution >= 0.6 is 0 Å². The fourth-order valence-corrected chi connectivity index (χ4v) is 5.62. The van der Waals surface area contributed by atoms with Crippen molar-refractivity contribution in [3.63, 3.8) is 0 Å². The Morgan fingerprint density at radius 2 is 1.78 bits per heavy atom. The molecule has 1 aromatic carbocycles. The fourth-order valence-electron chi connectivity index (χ4n) is 5.62. The summed E-state index contributed by atoms with van der Waals surface area (Å²) in [6.45, 7) is 6.99. The van der Waals surface area contributed by atoms with Gasteiger partial charge in [-0.2, -0.15) is 0 Å². The normalized spacial score (nSPS) is 32.8. The molecule has 8 nitrogen and oxygen atoms in total. The Balaban J connectivity index is 1.47. The number of methoxy groups -OCH3 is 4. The zero-order chi connectivity index (χ0) is 26.1. The number of rotatable bonds is 10. The number of allylic oxidation sites excluding steroid dienone is 1. The molecular weight excluding hydrogens is 464 g/mol. The SMILES string of the molecule is COc1cc(/C=C/C(=O)O[C@@H]2CC[C@]3(CO3)[C@@H](C3(C)OC3CC=C(C)C)[C@@H]2OC)cc(OC)c1OC. The Morgan fingerprint density at radius 1 is 1.11 bits per heavy atom. The van der Waals surface area contributed by atoms with Gasteiger partial charge in [0.1, 0.15) is 23.4 Å². The molecule has 198 valence electrons. The highest BCUT2D eigenvalue weighted by molar-refractivity contribution is 5.87. The van der Waals surface area contributed by atoms with Crippen LogP contribution in [0.1, 0.15) is 45.6 Å². The molecule has 3 fully saturated rings. The number of ether oxygens (including phenoxy) is 7. The summed E-state index contributed by atoms with van der Waals surface area (Å²) in [7, 11) is 6.31. The number of epoxide rings is 2. The minimum Gasteiger partial charge on any atom is -0.493 e. The van der Waals surface area contributed by atoms with Crippen molar-refractivity contribution in [2.24, 2.45) is 5.92 Å². The van der Waals surface area contributed by atoms with E-state index >= 15 is 0 Å². The molecule has 36 heavy (non-hydrogen) atoms. The number of hydrogen-bond acceptors (Lipinski definition) is 8. The number of benzene rings is 1. The monoisotopic (exact) mass is 502 g/mol. The molecule has 2 heterocycles. The summed E-state index contributed by atoms with van der Waals surface area (Å²) in [4.78, 5) is 12.8. The van der Waals surface area contributed by atoms with Gasteiger partial charge < -0.3 is 33.2 Å². The van der Waals surface area contributed by atoms with Crippen LogP contribution in [-0.4, -0.2) is 70.5 Å². The molecule has 8 heteroatoms. The maximum absolute atomic E-state index is 12.8. The van der Waals surface area contributed by atoms with Crippen molar-refractivity contribution in [2.75, 3.05) is 35.0 Å². The first-order chi connectivity index (χ1) is 17.2. The lowest BCUT2D eigenvalue weighted by molar-refractivity contribution is -0.166. The zero-order valence-corrected chi connectivity index (χ0v) is 22.3. The minimum atomic E-state index is -0.440. The van der Waals surface area contributed by atoms with Crippen LogP contribution in [0.4, 0.5) is 0 Å². The topological polar surface area (TPSA) is 88.3 Å². The predicted molar refractivity (Wildman–Crippen MR) is 135 cm³/mol. The van der Waals surface area contributed by atoms with Crippen molar-refractivity contribution >= 4 is 12.0 Å². The first-order valence-corrected chi connectivity index (χ1v) is 12.4. The Morgan fingerprint density at radius 3 is 2.31 bits per heavy atom. The summed E-state index contributed by atoms with van der Waals surface area (Å²) in [5.41, 5.74) is 1.35. The second-order valence-electron chi connectivity index (χ2n) is 10.1. The molecule has 0 radical (unpaired) electrons. The maximum atomic E-state index is 12.8. The van der Waals surface area contributed by atoms with Gasteiger partial charge in [0, 0.05) is 13.2 Å². The van der Waals surface area contributed by atoms with Crippen molar-refractivity contribution < 1.29 is 38.0 Å². The summed E-state index contributed by atoms with van der Waals surface area (Å²) in [5, 5.41) is 0. The largest absolute Gasteiger partial charge is 0.493 e. The maximum Gasteiger partial charge on any atom is 0.331 e. The van der Waals surface area contributed by atoms with Gasteiger partial charge in [0.2, 0.25) is 5.75 Å².